The van der Waals surface area contributed by atoms with E-state index in [1.807, 2.05) is 6.08 Å². The highest BCUT2D eigenvalue weighted by Gasteiger charge is 2.28. The van der Waals surface area contributed by atoms with Gasteiger partial charge in [-0.15, -0.1) is 6.58 Å². The number of carboxylic acids is 1. The van der Waals surface area contributed by atoms with Gasteiger partial charge in [-0.2, -0.15) is 0 Å². The van der Waals surface area contributed by atoms with Crippen LogP contribution in [0.25, 0.3) is 11.1 Å². The molecule has 1 aliphatic rings. The zero-order chi connectivity index (χ0) is 22.5. The minimum atomic E-state index is -1.64. The van der Waals surface area contributed by atoms with Crippen molar-refractivity contribution in [2.75, 3.05) is 0 Å². The summed E-state index contributed by atoms with van der Waals surface area (Å²) in [5, 5.41) is 9.29. The van der Waals surface area contributed by atoms with E-state index in [1.165, 1.54) is 12.1 Å². The van der Waals surface area contributed by atoms with Crippen molar-refractivity contribution in [2.45, 2.75) is 57.3 Å². The molecule has 1 fully saturated rings. The van der Waals surface area contributed by atoms with Gasteiger partial charge >= 0.3 is 5.97 Å². The largest absolute Gasteiger partial charge is 0.478 e. The third-order valence-electron chi connectivity index (χ3n) is 6.23. The zero-order valence-electron chi connectivity index (χ0n) is 17.3. The number of benzene rings is 2. The first-order valence-corrected chi connectivity index (χ1v) is 10.6. The van der Waals surface area contributed by atoms with Gasteiger partial charge in [-0.05, 0) is 79.7 Å². The van der Waals surface area contributed by atoms with Crippen LogP contribution in [0.4, 0.5) is 17.6 Å². The summed E-state index contributed by atoms with van der Waals surface area (Å²) in [5.41, 5.74) is -0.427. The zero-order valence-corrected chi connectivity index (χ0v) is 17.3. The molecule has 0 atom stereocenters. The van der Waals surface area contributed by atoms with Gasteiger partial charge in [0.2, 0.25) is 0 Å². The first-order valence-electron chi connectivity index (χ1n) is 10.6. The number of unbranched alkanes of at least 4 members (excludes halogenated alkanes) is 2. The van der Waals surface area contributed by atoms with Crippen LogP contribution in [0.2, 0.25) is 0 Å². The second kappa shape index (κ2) is 10.1. The van der Waals surface area contributed by atoms with E-state index in [-0.39, 0.29) is 17.0 Å². The molecule has 1 saturated carbocycles. The lowest BCUT2D eigenvalue weighted by Crippen LogP contribution is -2.15. The SMILES string of the molecule is C=CCCCCC1CCC(c2ccc(C(=O)O)c(F)c2-c2cc(F)c(F)c(F)c2)CC1. The number of rotatable bonds is 8. The van der Waals surface area contributed by atoms with Crippen molar-refractivity contribution in [2.24, 2.45) is 5.92 Å². The average Bonchev–Trinajstić information content (AvgIpc) is 2.74. The Hall–Kier alpha value is -2.63. The van der Waals surface area contributed by atoms with Gasteiger partial charge < -0.3 is 5.11 Å². The van der Waals surface area contributed by atoms with E-state index in [9.17, 15) is 23.1 Å². The van der Waals surface area contributed by atoms with Crippen LogP contribution in [0.5, 0.6) is 0 Å². The Labute approximate surface area is 179 Å². The Balaban J connectivity index is 1.90. The van der Waals surface area contributed by atoms with Gasteiger partial charge in [0.05, 0.1) is 5.56 Å². The molecule has 1 N–H and O–H groups in total. The van der Waals surface area contributed by atoms with Crippen molar-refractivity contribution in [1.82, 2.24) is 0 Å². The molecule has 2 aromatic carbocycles. The third kappa shape index (κ3) is 5.17. The monoisotopic (exact) mass is 434 g/mol. The quantitative estimate of drug-likeness (QED) is 0.201. The highest BCUT2D eigenvalue weighted by atomic mass is 19.2. The molecule has 1 aliphatic carbocycles. The fourth-order valence-corrected chi connectivity index (χ4v) is 4.57. The summed E-state index contributed by atoms with van der Waals surface area (Å²) in [6, 6.07) is 4.15. The van der Waals surface area contributed by atoms with Crippen LogP contribution in [-0.2, 0) is 0 Å². The first-order chi connectivity index (χ1) is 14.8. The van der Waals surface area contributed by atoms with Gasteiger partial charge in [0.25, 0.3) is 0 Å². The molecule has 0 aromatic heterocycles. The van der Waals surface area contributed by atoms with Crippen molar-refractivity contribution >= 4 is 5.97 Å². The fraction of sp³-hybridized carbons (Fsp3) is 0.400. The minimum absolute atomic E-state index is 0.0621. The molecule has 2 aromatic rings. The van der Waals surface area contributed by atoms with Gasteiger partial charge in [-0.1, -0.05) is 25.0 Å². The van der Waals surface area contributed by atoms with E-state index < -0.39 is 34.8 Å². The fourth-order valence-electron chi connectivity index (χ4n) is 4.57. The molecule has 0 saturated heterocycles. The Morgan fingerprint density at radius 1 is 1.00 bits per heavy atom. The third-order valence-corrected chi connectivity index (χ3v) is 6.23. The van der Waals surface area contributed by atoms with E-state index in [0.717, 1.165) is 63.5 Å². The van der Waals surface area contributed by atoms with E-state index in [0.29, 0.717) is 11.5 Å². The van der Waals surface area contributed by atoms with Crippen LogP contribution in [-0.4, -0.2) is 11.1 Å². The standard InChI is InChI=1S/C25H26F4O2/c1-2-3-4-5-6-15-7-9-16(10-8-15)18-11-12-19(25(30)31)23(28)22(18)17-13-20(26)24(29)21(27)14-17/h2,11-16H,1,3-10H2,(H,30,31). The number of carboxylic acid groups (broad SMARTS) is 1. The van der Waals surface area contributed by atoms with E-state index in [2.05, 4.69) is 6.58 Å². The Morgan fingerprint density at radius 3 is 2.23 bits per heavy atom. The molecule has 31 heavy (non-hydrogen) atoms. The summed E-state index contributed by atoms with van der Waals surface area (Å²) >= 11 is 0. The number of allylic oxidation sites excluding steroid dienone is 1. The van der Waals surface area contributed by atoms with Crippen molar-refractivity contribution in [3.63, 3.8) is 0 Å². The van der Waals surface area contributed by atoms with Crippen LogP contribution in [0.1, 0.15) is 73.2 Å². The smallest absolute Gasteiger partial charge is 0.338 e. The lowest BCUT2D eigenvalue weighted by molar-refractivity contribution is 0.0692. The summed E-state index contributed by atoms with van der Waals surface area (Å²) in [6.45, 7) is 3.73. The second-order valence-electron chi connectivity index (χ2n) is 8.24. The molecule has 166 valence electrons. The molecular weight excluding hydrogens is 408 g/mol. The normalized spacial score (nSPS) is 18.7. The summed E-state index contributed by atoms with van der Waals surface area (Å²) in [7, 11) is 0. The summed E-state index contributed by atoms with van der Waals surface area (Å²) in [6.07, 6.45) is 9.72. The van der Waals surface area contributed by atoms with E-state index in [4.69, 9.17) is 0 Å². The number of aromatic carboxylic acids is 1. The molecule has 6 heteroatoms. The molecule has 2 nitrogen and oxygen atoms in total. The van der Waals surface area contributed by atoms with Crippen molar-refractivity contribution in [1.29, 1.82) is 0 Å². The average molecular weight is 434 g/mol. The van der Waals surface area contributed by atoms with Gasteiger partial charge in [-0.25, -0.2) is 22.4 Å². The molecule has 0 amide bonds. The lowest BCUT2D eigenvalue weighted by Gasteiger charge is -2.30. The Bertz CT molecular complexity index is 939. The number of hydrogen-bond acceptors (Lipinski definition) is 1. The van der Waals surface area contributed by atoms with Crippen LogP contribution in [0.15, 0.2) is 36.9 Å². The predicted molar refractivity (Wildman–Crippen MR) is 112 cm³/mol. The molecule has 0 radical (unpaired) electrons. The minimum Gasteiger partial charge on any atom is -0.478 e. The van der Waals surface area contributed by atoms with Crippen molar-refractivity contribution in [3.8, 4) is 11.1 Å². The molecule has 0 unspecified atom stereocenters. The number of carbonyl (C=O) groups is 1. The maximum absolute atomic E-state index is 15.2. The first kappa shape index (κ1) is 23.0. The van der Waals surface area contributed by atoms with Gasteiger partial charge in [-0.3, -0.25) is 0 Å². The van der Waals surface area contributed by atoms with Crippen LogP contribution in [0.3, 0.4) is 0 Å². The van der Waals surface area contributed by atoms with E-state index >= 15 is 4.39 Å². The molecule has 3 rings (SSSR count). The number of halogens is 4. The molecule has 0 bridgehead atoms. The summed E-state index contributed by atoms with van der Waals surface area (Å²) in [5.74, 6) is -6.54. The maximum Gasteiger partial charge on any atom is 0.338 e. The topological polar surface area (TPSA) is 37.3 Å². The van der Waals surface area contributed by atoms with Gasteiger partial charge in [0.1, 0.15) is 5.82 Å². The molecule has 0 heterocycles. The van der Waals surface area contributed by atoms with Crippen molar-refractivity contribution in [3.05, 3.63) is 71.3 Å². The maximum atomic E-state index is 15.2. The van der Waals surface area contributed by atoms with E-state index in [1.54, 1.807) is 0 Å². The highest BCUT2D eigenvalue weighted by Crippen LogP contribution is 2.43. The van der Waals surface area contributed by atoms with Gasteiger partial charge in [0.15, 0.2) is 17.5 Å². The molecule has 0 spiro atoms. The number of hydrogen-bond donors (Lipinski definition) is 1. The Kier molecular flexibility index (Phi) is 7.52. The predicted octanol–water partition coefficient (Wildman–Crippen LogP) is 7.63. The van der Waals surface area contributed by atoms with Crippen molar-refractivity contribution < 1.29 is 27.5 Å². The summed E-state index contributed by atoms with van der Waals surface area (Å²) in [4.78, 5) is 11.4. The second-order valence-corrected chi connectivity index (χ2v) is 8.24. The molecular formula is C25H26F4O2. The van der Waals surface area contributed by atoms with Crippen LogP contribution >= 0.6 is 0 Å². The van der Waals surface area contributed by atoms with Crippen LogP contribution < -0.4 is 0 Å². The Morgan fingerprint density at radius 2 is 1.65 bits per heavy atom. The lowest BCUT2D eigenvalue weighted by atomic mass is 9.75. The van der Waals surface area contributed by atoms with Crippen LogP contribution in [0, 0.1) is 29.2 Å². The molecule has 0 aliphatic heterocycles. The highest BCUT2D eigenvalue weighted by molar-refractivity contribution is 5.90. The van der Waals surface area contributed by atoms with Gasteiger partial charge in [0, 0.05) is 5.56 Å². The summed E-state index contributed by atoms with van der Waals surface area (Å²) < 4.78 is 56.3.